The molecular weight excluding hydrogens is 374 g/mol. The monoisotopic (exact) mass is 403 g/mol. The molecule has 1 aromatic heterocycles. The molecule has 152 valence electrons. The highest BCUT2D eigenvalue weighted by molar-refractivity contribution is 6.30. The summed E-state index contributed by atoms with van der Waals surface area (Å²) in [6.45, 7) is 9.59. The van der Waals surface area contributed by atoms with Crippen LogP contribution in [0.15, 0.2) is 34.9 Å². The fourth-order valence-corrected chi connectivity index (χ4v) is 3.63. The molecule has 0 bridgehead atoms. The summed E-state index contributed by atoms with van der Waals surface area (Å²) in [7, 11) is 0. The van der Waals surface area contributed by atoms with E-state index in [0.717, 1.165) is 37.5 Å². The molecule has 2 heterocycles. The van der Waals surface area contributed by atoms with Crippen molar-refractivity contribution in [3.63, 3.8) is 0 Å². The molecule has 1 unspecified atom stereocenters. The van der Waals surface area contributed by atoms with Crippen molar-refractivity contribution >= 4 is 17.5 Å². The van der Waals surface area contributed by atoms with Crippen molar-refractivity contribution in [2.75, 3.05) is 13.1 Å². The average Bonchev–Trinajstić information content (AvgIpc) is 3.17. The van der Waals surface area contributed by atoms with Crippen LogP contribution in [0, 0.1) is 5.92 Å². The first kappa shape index (κ1) is 20.9. The fraction of sp³-hybridized carbons (Fsp3) is 0.545. The van der Waals surface area contributed by atoms with Crippen LogP contribution in [0.4, 0.5) is 0 Å². The van der Waals surface area contributed by atoms with Crippen molar-refractivity contribution < 1.29 is 9.21 Å². The van der Waals surface area contributed by atoms with Crippen LogP contribution in [0.2, 0.25) is 5.02 Å². The summed E-state index contributed by atoms with van der Waals surface area (Å²) in [5, 5.41) is 0.737. The second-order valence-electron chi connectivity index (χ2n) is 8.00. The van der Waals surface area contributed by atoms with Gasteiger partial charge in [0.1, 0.15) is 6.26 Å². The summed E-state index contributed by atoms with van der Waals surface area (Å²) >= 11 is 6.01. The first-order valence-corrected chi connectivity index (χ1v) is 10.5. The normalized spacial score (nSPS) is 16.0. The second kappa shape index (κ2) is 9.57. The smallest absolute Gasteiger partial charge is 0.275 e. The predicted molar refractivity (Wildman–Crippen MR) is 111 cm³/mol. The van der Waals surface area contributed by atoms with Gasteiger partial charge in [-0.25, -0.2) is 4.98 Å². The summed E-state index contributed by atoms with van der Waals surface area (Å²) in [6, 6.07) is 8.25. The van der Waals surface area contributed by atoms with Gasteiger partial charge in [-0.2, -0.15) is 0 Å². The number of nitrogens with zero attached hydrogens (tertiary/aromatic N) is 3. The Morgan fingerprint density at radius 3 is 2.46 bits per heavy atom. The van der Waals surface area contributed by atoms with Crippen molar-refractivity contribution in [1.82, 2.24) is 14.8 Å². The third kappa shape index (κ3) is 5.36. The lowest BCUT2D eigenvalue weighted by Gasteiger charge is -2.30. The first-order chi connectivity index (χ1) is 13.4. The molecule has 1 aromatic carbocycles. The van der Waals surface area contributed by atoms with E-state index in [-0.39, 0.29) is 5.91 Å². The van der Waals surface area contributed by atoms with E-state index >= 15 is 0 Å². The number of hydrogen-bond donors (Lipinski definition) is 0. The Morgan fingerprint density at radius 1 is 1.14 bits per heavy atom. The van der Waals surface area contributed by atoms with E-state index in [1.54, 1.807) is 0 Å². The van der Waals surface area contributed by atoms with Gasteiger partial charge < -0.3 is 9.32 Å². The Hall–Kier alpha value is -1.85. The zero-order valence-electron chi connectivity index (χ0n) is 17.0. The summed E-state index contributed by atoms with van der Waals surface area (Å²) in [5.41, 5.74) is 1.61. The number of carbonyl (C=O) groups excluding carboxylic acids is 1. The minimum atomic E-state index is -0.0177. The van der Waals surface area contributed by atoms with Gasteiger partial charge in [-0.3, -0.25) is 9.69 Å². The minimum Gasteiger partial charge on any atom is -0.447 e. The number of benzene rings is 1. The average molecular weight is 404 g/mol. The lowest BCUT2D eigenvalue weighted by atomic mass is 10.0. The predicted octanol–water partition coefficient (Wildman–Crippen LogP) is 5.00. The van der Waals surface area contributed by atoms with Crippen molar-refractivity contribution in [2.45, 2.75) is 59.2 Å². The van der Waals surface area contributed by atoms with Gasteiger partial charge in [-0.1, -0.05) is 37.6 Å². The summed E-state index contributed by atoms with van der Waals surface area (Å²) in [4.78, 5) is 21.4. The molecule has 1 amide bonds. The van der Waals surface area contributed by atoms with Crippen molar-refractivity contribution in [3.05, 3.63) is 52.7 Å². The van der Waals surface area contributed by atoms with Gasteiger partial charge in [0.15, 0.2) is 5.69 Å². The largest absolute Gasteiger partial charge is 0.447 e. The third-order valence-corrected chi connectivity index (χ3v) is 5.84. The molecule has 0 spiro atoms. The zero-order chi connectivity index (χ0) is 20.1. The second-order valence-corrected chi connectivity index (χ2v) is 8.43. The molecule has 0 N–H and O–H groups in total. The number of oxazole rings is 1. The Morgan fingerprint density at radius 2 is 1.82 bits per heavy atom. The number of halogens is 1. The van der Waals surface area contributed by atoms with Gasteiger partial charge in [-0.05, 0) is 49.8 Å². The Labute approximate surface area is 172 Å². The molecule has 6 heteroatoms. The number of likely N-dealkylation sites (tertiary alicyclic amines) is 1. The lowest BCUT2D eigenvalue weighted by molar-refractivity contribution is 0.0718. The van der Waals surface area contributed by atoms with Gasteiger partial charge in [0.25, 0.3) is 5.91 Å². The molecule has 0 aliphatic carbocycles. The molecule has 3 rings (SSSR count). The minimum absolute atomic E-state index is 0.0177. The number of carbonyl (C=O) groups is 1. The zero-order valence-corrected chi connectivity index (χ0v) is 17.8. The van der Waals surface area contributed by atoms with Crippen LogP contribution in [0.5, 0.6) is 0 Å². The van der Waals surface area contributed by atoms with E-state index in [1.165, 1.54) is 18.2 Å². The maximum absolute atomic E-state index is 12.6. The molecule has 0 saturated carbocycles. The van der Waals surface area contributed by atoms with E-state index < -0.39 is 0 Å². The van der Waals surface area contributed by atoms with Crippen LogP contribution in [0.1, 0.15) is 62.0 Å². The van der Waals surface area contributed by atoms with E-state index in [2.05, 4.69) is 30.7 Å². The van der Waals surface area contributed by atoms with Crippen LogP contribution in [0.25, 0.3) is 0 Å². The van der Waals surface area contributed by atoms with Crippen molar-refractivity contribution in [1.29, 1.82) is 0 Å². The molecule has 2 aromatic rings. The maximum atomic E-state index is 12.6. The van der Waals surface area contributed by atoms with E-state index in [1.807, 2.05) is 29.2 Å². The Bertz CT molecular complexity index is 766. The van der Waals surface area contributed by atoms with Crippen LogP contribution in [-0.2, 0) is 13.1 Å². The van der Waals surface area contributed by atoms with Crippen LogP contribution < -0.4 is 0 Å². The van der Waals surface area contributed by atoms with Crippen LogP contribution in [0.3, 0.4) is 0 Å². The van der Waals surface area contributed by atoms with E-state index in [9.17, 15) is 4.79 Å². The first-order valence-electron chi connectivity index (χ1n) is 10.2. The molecule has 1 aliphatic rings. The number of piperidine rings is 1. The number of hydrogen-bond acceptors (Lipinski definition) is 4. The topological polar surface area (TPSA) is 49.6 Å². The molecule has 0 radical (unpaired) electrons. The molecular formula is C22H30ClN3O2. The number of aromatic nitrogens is 1. The Balaban J connectivity index is 1.70. The van der Waals surface area contributed by atoms with Gasteiger partial charge >= 0.3 is 0 Å². The maximum Gasteiger partial charge on any atom is 0.275 e. The van der Waals surface area contributed by atoms with E-state index in [4.69, 9.17) is 16.0 Å². The summed E-state index contributed by atoms with van der Waals surface area (Å²) in [6.07, 6.45) is 4.84. The van der Waals surface area contributed by atoms with E-state index in [0.29, 0.717) is 30.1 Å². The number of rotatable bonds is 7. The van der Waals surface area contributed by atoms with Gasteiger partial charge in [0.2, 0.25) is 5.89 Å². The summed E-state index contributed by atoms with van der Waals surface area (Å²) in [5.74, 6) is 1.05. The fourth-order valence-electron chi connectivity index (χ4n) is 3.50. The molecule has 1 saturated heterocycles. The highest BCUT2D eigenvalue weighted by atomic mass is 35.5. The molecule has 1 aliphatic heterocycles. The Kier molecular flexibility index (Phi) is 7.13. The summed E-state index contributed by atoms with van der Waals surface area (Å²) < 4.78 is 5.67. The standard InChI is InChI=1S/C22H30ClN3O2/c1-16(2)17(3)26(13-18-7-9-19(23)10-8-18)14-21-24-20(15-28-21)22(27)25-11-5-4-6-12-25/h7-10,15-17H,4-6,11-14H2,1-3H3. The molecule has 1 atom stereocenters. The van der Waals surface area contributed by atoms with Gasteiger partial charge in [0, 0.05) is 30.7 Å². The molecule has 5 nitrogen and oxygen atoms in total. The highest BCUT2D eigenvalue weighted by Gasteiger charge is 2.24. The lowest BCUT2D eigenvalue weighted by Crippen LogP contribution is -2.36. The number of amides is 1. The molecule has 28 heavy (non-hydrogen) atoms. The highest BCUT2D eigenvalue weighted by Crippen LogP contribution is 2.20. The SMILES string of the molecule is CC(C)C(C)N(Cc1ccc(Cl)cc1)Cc1nc(C(=O)N2CCCCC2)co1. The quantitative estimate of drug-likeness (QED) is 0.652. The van der Waals surface area contributed by atoms with Crippen molar-refractivity contribution in [3.8, 4) is 0 Å². The van der Waals surface area contributed by atoms with Crippen LogP contribution in [-0.4, -0.2) is 39.8 Å². The van der Waals surface area contributed by atoms with Crippen molar-refractivity contribution in [2.24, 2.45) is 5.92 Å². The van der Waals surface area contributed by atoms with Gasteiger partial charge in [-0.15, -0.1) is 0 Å². The third-order valence-electron chi connectivity index (χ3n) is 5.59. The van der Waals surface area contributed by atoms with Gasteiger partial charge in [0.05, 0.1) is 6.54 Å². The van der Waals surface area contributed by atoms with Crippen LogP contribution >= 0.6 is 11.6 Å². The molecule has 1 fully saturated rings.